The normalized spacial score (nSPS) is 20.1. The van der Waals surface area contributed by atoms with Crippen molar-refractivity contribution in [3.8, 4) is 23.0 Å². The summed E-state index contributed by atoms with van der Waals surface area (Å²) in [5.41, 5.74) is 2.39. The molecule has 3 aromatic carbocycles. The van der Waals surface area contributed by atoms with Gasteiger partial charge in [-0.1, -0.05) is 23.7 Å². The van der Waals surface area contributed by atoms with Crippen molar-refractivity contribution < 1.29 is 28.8 Å². The van der Waals surface area contributed by atoms with E-state index in [9.17, 15) is 9.90 Å². The number of halogens is 1. The van der Waals surface area contributed by atoms with Crippen molar-refractivity contribution in [2.45, 2.75) is 56.5 Å². The van der Waals surface area contributed by atoms with Crippen LogP contribution in [0.3, 0.4) is 0 Å². The number of hydrogen-bond acceptors (Lipinski definition) is 7. The van der Waals surface area contributed by atoms with Crippen molar-refractivity contribution in [1.29, 1.82) is 0 Å². The quantitative estimate of drug-likeness (QED) is 0.296. The number of amides is 1. The van der Waals surface area contributed by atoms with Crippen molar-refractivity contribution in [2.75, 3.05) is 27.3 Å². The van der Waals surface area contributed by atoms with Gasteiger partial charge in [-0.05, 0) is 79.3 Å². The van der Waals surface area contributed by atoms with Crippen LogP contribution < -0.4 is 29.6 Å². The van der Waals surface area contributed by atoms with Gasteiger partial charge in [0.15, 0.2) is 0 Å². The topological polar surface area (TPSA) is 98.3 Å². The molecule has 3 N–H and O–H groups in total. The lowest BCUT2D eigenvalue weighted by molar-refractivity contribution is 0.0391. The second-order valence-corrected chi connectivity index (χ2v) is 11.2. The maximum Gasteiger partial charge on any atom is 0.254 e. The number of aliphatic hydroxyl groups is 1. The van der Waals surface area contributed by atoms with E-state index in [2.05, 4.69) is 10.6 Å². The highest BCUT2D eigenvalue weighted by Crippen LogP contribution is 2.44. The van der Waals surface area contributed by atoms with E-state index in [4.69, 9.17) is 30.5 Å². The lowest BCUT2D eigenvalue weighted by Crippen LogP contribution is -2.46. The molecule has 1 fully saturated rings. The van der Waals surface area contributed by atoms with Gasteiger partial charge in [0.05, 0.1) is 12.7 Å². The van der Waals surface area contributed by atoms with Gasteiger partial charge in [0, 0.05) is 37.1 Å². The molecule has 0 bridgehead atoms. The summed E-state index contributed by atoms with van der Waals surface area (Å²) < 4.78 is 23.4. The molecular weight excluding hydrogens is 544 g/mol. The zero-order valence-electron chi connectivity index (χ0n) is 23.5. The van der Waals surface area contributed by atoms with Crippen LogP contribution in [0.25, 0.3) is 0 Å². The number of carbonyl (C=O) groups excluding carboxylic acids is 1. The molecule has 0 radical (unpaired) electrons. The van der Waals surface area contributed by atoms with E-state index < -0.39 is 6.10 Å². The molecule has 2 aliphatic rings. The average molecular weight is 581 g/mol. The SMILES string of the molecule is CNC(=O)c1ccc(OCc2ccc(OC)cc2)cc1OC[C@H](O)CNC1CCC2(CC1)Cc1cc(Cl)ccc1O2. The molecule has 218 valence electrons. The Hall–Kier alpha value is -3.46. The summed E-state index contributed by atoms with van der Waals surface area (Å²) in [6, 6.07) is 18.8. The monoisotopic (exact) mass is 580 g/mol. The van der Waals surface area contributed by atoms with E-state index in [1.54, 1.807) is 32.4 Å². The molecular formula is C32H37ClN2O6. The molecule has 0 aromatic heterocycles. The fourth-order valence-corrected chi connectivity index (χ4v) is 5.69. The average Bonchev–Trinajstić information content (AvgIpc) is 3.35. The van der Waals surface area contributed by atoms with E-state index in [0.717, 1.165) is 54.2 Å². The van der Waals surface area contributed by atoms with Gasteiger partial charge in [-0.2, -0.15) is 0 Å². The van der Waals surface area contributed by atoms with Gasteiger partial charge in [0.2, 0.25) is 0 Å². The molecule has 1 atom stereocenters. The number of carbonyl (C=O) groups is 1. The third kappa shape index (κ3) is 7.25. The molecule has 41 heavy (non-hydrogen) atoms. The van der Waals surface area contributed by atoms with E-state index in [0.29, 0.717) is 36.3 Å². The molecule has 8 nitrogen and oxygen atoms in total. The Morgan fingerprint density at radius 3 is 2.56 bits per heavy atom. The maximum atomic E-state index is 12.4. The van der Waals surface area contributed by atoms with Crippen LogP contribution in [0, 0.1) is 0 Å². The number of benzene rings is 3. The molecule has 0 unspecified atom stereocenters. The molecule has 5 rings (SSSR count). The van der Waals surface area contributed by atoms with Crippen LogP contribution in [-0.4, -0.2) is 56.1 Å². The van der Waals surface area contributed by atoms with E-state index in [-0.39, 0.29) is 18.1 Å². The lowest BCUT2D eigenvalue weighted by atomic mass is 9.79. The number of nitrogens with one attached hydrogen (secondary N) is 2. The number of fused-ring (bicyclic) bond motifs is 1. The summed E-state index contributed by atoms with van der Waals surface area (Å²) >= 11 is 6.17. The Labute approximate surface area is 245 Å². The Balaban J connectivity index is 1.10. The van der Waals surface area contributed by atoms with Crippen molar-refractivity contribution >= 4 is 17.5 Å². The van der Waals surface area contributed by atoms with Crippen molar-refractivity contribution in [3.63, 3.8) is 0 Å². The van der Waals surface area contributed by atoms with Crippen LogP contribution in [-0.2, 0) is 13.0 Å². The molecule has 1 spiro atoms. The van der Waals surface area contributed by atoms with Gasteiger partial charge in [0.25, 0.3) is 5.91 Å². The molecule has 1 saturated carbocycles. The predicted octanol–water partition coefficient (Wildman–Crippen LogP) is 4.93. The van der Waals surface area contributed by atoms with Gasteiger partial charge >= 0.3 is 0 Å². The van der Waals surface area contributed by atoms with Crippen molar-refractivity contribution in [2.24, 2.45) is 0 Å². The second-order valence-electron chi connectivity index (χ2n) is 10.7. The molecule has 0 saturated heterocycles. The van der Waals surface area contributed by atoms with Crippen LogP contribution in [0.4, 0.5) is 0 Å². The maximum absolute atomic E-state index is 12.4. The summed E-state index contributed by atoms with van der Waals surface area (Å²) in [5, 5.41) is 17.5. The minimum Gasteiger partial charge on any atom is -0.497 e. The summed E-state index contributed by atoms with van der Waals surface area (Å²) in [6.45, 7) is 0.773. The number of hydrogen-bond donors (Lipinski definition) is 3. The molecule has 1 aliphatic carbocycles. The number of aliphatic hydroxyl groups excluding tert-OH is 1. The third-order valence-electron chi connectivity index (χ3n) is 7.82. The lowest BCUT2D eigenvalue weighted by Gasteiger charge is -2.37. The summed E-state index contributed by atoms with van der Waals surface area (Å²) in [7, 11) is 3.19. The van der Waals surface area contributed by atoms with Crippen molar-refractivity contribution in [3.05, 3.63) is 82.4 Å². The minimum absolute atomic E-state index is 0.0365. The van der Waals surface area contributed by atoms with Crippen LogP contribution in [0.5, 0.6) is 23.0 Å². The Morgan fingerprint density at radius 2 is 1.83 bits per heavy atom. The summed E-state index contributed by atoms with van der Waals surface area (Å²) in [4.78, 5) is 12.4. The first kappa shape index (κ1) is 29.0. The first-order valence-electron chi connectivity index (χ1n) is 14.0. The fraction of sp³-hybridized carbons (Fsp3) is 0.406. The minimum atomic E-state index is -0.749. The van der Waals surface area contributed by atoms with Crippen LogP contribution in [0.2, 0.25) is 5.02 Å². The predicted molar refractivity (Wildman–Crippen MR) is 157 cm³/mol. The van der Waals surface area contributed by atoms with Crippen LogP contribution >= 0.6 is 11.6 Å². The van der Waals surface area contributed by atoms with E-state index >= 15 is 0 Å². The van der Waals surface area contributed by atoms with Crippen LogP contribution in [0.15, 0.2) is 60.7 Å². The molecule has 1 amide bonds. The smallest absolute Gasteiger partial charge is 0.254 e. The Bertz CT molecular complexity index is 1340. The highest BCUT2D eigenvalue weighted by Gasteiger charge is 2.42. The van der Waals surface area contributed by atoms with Gasteiger partial charge in [-0.15, -0.1) is 0 Å². The van der Waals surface area contributed by atoms with Gasteiger partial charge in [0.1, 0.15) is 47.9 Å². The highest BCUT2D eigenvalue weighted by molar-refractivity contribution is 6.30. The van der Waals surface area contributed by atoms with Gasteiger partial charge < -0.3 is 34.7 Å². The standard InChI is InChI=1S/C32H37ClN2O6/c1-34-31(37)28-9-8-27(39-19-21-3-6-26(38-2)7-4-21)16-30(28)40-20-25(36)18-35-24-11-13-32(14-12-24)17-22-15-23(33)5-10-29(22)41-32/h3-10,15-16,24-25,35-36H,11-14,17-20H2,1-2H3,(H,34,37)/t24?,25-,32?/m1/s1. The molecule has 3 aromatic rings. The zero-order valence-corrected chi connectivity index (χ0v) is 24.2. The van der Waals surface area contributed by atoms with E-state index in [1.165, 1.54) is 5.56 Å². The van der Waals surface area contributed by atoms with E-state index in [1.807, 2.05) is 42.5 Å². The number of methoxy groups -OCH3 is 1. The highest BCUT2D eigenvalue weighted by atomic mass is 35.5. The van der Waals surface area contributed by atoms with Crippen LogP contribution in [0.1, 0.15) is 47.2 Å². The summed E-state index contributed by atoms with van der Waals surface area (Å²) in [6.07, 6.45) is 3.96. The summed E-state index contributed by atoms with van der Waals surface area (Å²) in [5.74, 6) is 2.36. The molecule has 1 heterocycles. The Kier molecular flexibility index (Phi) is 9.22. The fourth-order valence-electron chi connectivity index (χ4n) is 5.50. The molecule has 9 heteroatoms. The third-order valence-corrected chi connectivity index (χ3v) is 8.06. The number of rotatable bonds is 11. The largest absolute Gasteiger partial charge is 0.497 e. The van der Waals surface area contributed by atoms with Gasteiger partial charge in [-0.25, -0.2) is 0 Å². The van der Waals surface area contributed by atoms with Gasteiger partial charge in [-0.3, -0.25) is 4.79 Å². The first-order valence-corrected chi connectivity index (χ1v) is 14.4. The number of ether oxygens (including phenoxy) is 4. The van der Waals surface area contributed by atoms with Crippen molar-refractivity contribution in [1.82, 2.24) is 10.6 Å². The Morgan fingerprint density at radius 1 is 1.07 bits per heavy atom. The first-order chi connectivity index (χ1) is 19.9. The second kappa shape index (κ2) is 13.0. The zero-order chi connectivity index (χ0) is 28.8. The molecule has 1 aliphatic heterocycles.